The highest BCUT2D eigenvalue weighted by atomic mass is 16.5. The summed E-state index contributed by atoms with van der Waals surface area (Å²) in [5, 5.41) is 0. The minimum Gasteiger partial charge on any atom is -0.497 e. The first-order valence-electron chi connectivity index (χ1n) is 10.5. The standard InChI is InChI=1S/C26H26N2O4/c1-31-23-9-5-8-22(16-23)24(29)28-14-15-32-26(18-28,25(27)30)17-19-10-12-21(13-11-19)20-6-3-2-4-7-20/h2-13,16H,14-15,17-18H2,1H3,(H2,27,30)/t26-/m1/s1. The number of rotatable bonds is 6. The Morgan fingerprint density at radius 1 is 1.00 bits per heavy atom. The molecule has 0 spiro atoms. The summed E-state index contributed by atoms with van der Waals surface area (Å²) in [6.45, 7) is 0.720. The van der Waals surface area contributed by atoms with Crippen molar-refractivity contribution in [2.24, 2.45) is 5.73 Å². The van der Waals surface area contributed by atoms with Gasteiger partial charge < -0.3 is 20.1 Å². The predicted molar refractivity (Wildman–Crippen MR) is 122 cm³/mol. The van der Waals surface area contributed by atoms with Gasteiger partial charge in [-0.1, -0.05) is 60.7 Å². The Labute approximate surface area is 187 Å². The molecule has 2 amide bonds. The van der Waals surface area contributed by atoms with Crippen LogP contribution in [0.25, 0.3) is 11.1 Å². The molecule has 1 aliphatic heterocycles. The van der Waals surface area contributed by atoms with Gasteiger partial charge in [-0.15, -0.1) is 0 Å². The lowest BCUT2D eigenvalue weighted by atomic mass is 9.90. The predicted octanol–water partition coefficient (Wildman–Crippen LogP) is 3.30. The van der Waals surface area contributed by atoms with Gasteiger partial charge in [0.05, 0.1) is 20.3 Å². The van der Waals surface area contributed by atoms with Crippen molar-refractivity contribution < 1.29 is 19.1 Å². The van der Waals surface area contributed by atoms with Crippen LogP contribution in [0.2, 0.25) is 0 Å². The lowest BCUT2D eigenvalue weighted by Crippen LogP contribution is -2.61. The molecule has 2 N–H and O–H groups in total. The maximum Gasteiger partial charge on any atom is 0.254 e. The van der Waals surface area contributed by atoms with Crippen LogP contribution in [-0.4, -0.2) is 49.1 Å². The lowest BCUT2D eigenvalue weighted by molar-refractivity contribution is -0.153. The number of carbonyl (C=O) groups is 2. The summed E-state index contributed by atoms with van der Waals surface area (Å²) < 4.78 is 11.1. The Bertz CT molecular complexity index is 1100. The zero-order valence-corrected chi connectivity index (χ0v) is 18.0. The van der Waals surface area contributed by atoms with Crippen molar-refractivity contribution in [1.29, 1.82) is 0 Å². The van der Waals surface area contributed by atoms with Crippen molar-refractivity contribution in [3.05, 3.63) is 90.0 Å². The van der Waals surface area contributed by atoms with Crippen molar-refractivity contribution in [3.8, 4) is 16.9 Å². The van der Waals surface area contributed by atoms with E-state index >= 15 is 0 Å². The highest BCUT2D eigenvalue weighted by molar-refractivity contribution is 5.95. The third-order valence-corrected chi connectivity index (χ3v) is 5.79. The van der Waals surface area contributed by atoms with Crippen LogP contribution in [0.1, 0.15) is 15.9 Å². The van der Waals surface area contributed by atoms with Gasteiger partial charge in [0.25, 0.3) is 11.8 Å². The van der Waals surface area contributed by atoms with Gasteiger partial charge in [-0.2, -0.15) is 0 Å². The molecule has 164 valence electrons. The van der Waals surface area contributed by atoms with Crippen molar-refractivity contribution in [1.82, 2.24) is 4.90 Å². The first kappa shape index (κ1) is 21.6. The van der Waals surface area contributed by atoms with Crippen molar-refractivity contribution in [2.75, 3.05) is 26.8 Å². The van der Waals surface area contributed by atoms with E-state index in [0.29, 0.717) is 24.3 Å². The number of methoxy groups -OCH3 is 1. The fraction of sp³-hybridized carbons (Fsp3) is 0.231. The second kappa shape index (κ2) is 9.24. The van der Waals surface area contributed by atoms with E-state index in [1.807, 2.05) is 54.6 Å². The van der Waals surface area contributed by atoms with E-state index in [1.54, 1.807) is 36.3 Å². The van der Waals surface area contributed by atoms with Gasteiger partial charge in [-0.25, -0.2) is 0 Å². The van der Waals surface area contributed by atoms with Gasteiger partial charge >= 0.3 is 0 Å². The largest absolute Gasteiger partial charge is 0.497 e. The third-order valence-electron chi connectivity index (χ3n) is 5.79. The Morgan fingerprint density at radius 3 is 2.41 bits per heavy atom. The molecule has 0 aliphatic carbocycles. The van der Waals surface area contributed by atoms with Crippen LogP contribution in [0.3, 0.4) is 0 Å². The van der Waals surface area contributed by atoms with Crippen LogP contribution in [0, 0.1) is 0 Å². The quantitative estimate of drug-likeness (QED) is 0.651. The number of hydrogen-bond donors (Lipinski definition) is 1. The molecule has 1 fully saturated rings. The van der Waals surface area contributed by atoms with E-state index in [4.69, 9.17) is 15.2 Å². The number of ether oxygens (including phenoxy) is 2. The van der Waals surface area contributed by atoms with Crippen molar-refractivity contribution in [2.45, 2.75) is 12.0 Å². The number of benzene rings is 3. The van der Waals surface area contributed by atoms with Crippen LogP contribution in [0.5, 0.6) is 5.75 Å². The molecular formula is C26H26N2O4. The number of primary amides is 1. The summed E-state index contributed by atoms with van der Waals surface area (Å²) >= 11 is 0. The number of nitrogens with two attached hydrogens (primary N) is 1. The summed E-state index contributed by atoms with van der Waals surface area (Å²) in [6, 6.07) is 25.0. The Hall–Kier alpha value is -3.64. The van der Waals surface area contributed by atoms with Gasteiger partial charge in [0.1, 0.15) is 5.75 Å². The number of morpholine rings is 1. The molecule has 1 atom stereocenters. The zero-order valence-electron chi connectivity index (χ0n) is 18.0. The van der Waals surface area contributed by atoms with E-state index in [9.17, 15) is 9.59 Å². The second-order valence-corrected chi connectivity index (χ2v) is 7.91. The maximum absolute atomic E-state index is 13.1. The molecule has 0 radical (unpaired) electrons. The van der Waals surface area contributed by atoms with Crippen LogP contribution >= 0.6 is 0 Å². The highest BCUT2D eigenvalue weighted by Crippen LogP contribution is 2.27. The molecule has 0 aromatic heterocycles. The van der Waals surface area contributed by atoms with Gasteiger partial charge in [-0.05, 0) is 34.9 Å². The smallest absolute Gasteiger partial charge is 0.254 e. The molecule has 6 heteroatoms. The van der Waals surface area contributed by atoms with Crippen LogP contribution in [0.4, 0.5) is 0 Å². The van der Waals surface area contributed by atoms with Crippen LogP contribution < -0.4 is 10.5 Å². The molecule has 6 nitrogen and oxygen atoms in total. The Morgan fingerprint density at radius 2 is 1.72 bits per heavy atom. The molecular weight excluding hydrogens is 404 g/mol. The first-order valence-corrected chi connectivity index (χ1v) is 10.5. The summed E-state index contributed by atoms with van der Waals surface area (Å²) in [5.74, 6) is -0.159. The van der Waals surface area contributed by atoms with E-state index < -0.39 is 11.5 Å². The molecule has 1 saturated heterocycles. The van der Waals surface area contributed by atoms with Crippen LogP contribution in [-0.2, 0) is 16.0 Å². The van der Waals surface area contributed by atoms with Crippen molar-refractivity contribution >= 4 is 11.8 Å². The summed E-state index contributed by atoms with van der Waals surface area (Å²) in [6.07, 6.45) is 0.291. The van der Waals surface area contributed by atoms with E-state index in [1.165, 1.54) is 0 Å². The number of nitrogens with zero attached hydrogens (tertiary/aromatic N) is 1. The molecule has 3 aromatic rings. The van der Waals surface area contributed by atoms with E-state index in [-0.39, 0.29) is 19.1 Å². The molecule has 3 aromatic carbocycles. The maximum atomic E-state index is 13.1. The average molecular weight is 431 g/mol. The summed E-state index contributed by atoms with van der Waals surface area (Å²) in [4.78, 5) is 27.2. The van der Waals surface area contributed by atoms with Gasteiger partial charge in [0.2, 0.25) is 0 Å². The Kier molecular flexibility index (Phi) is 6.23. The topological polar surface area (TPSA) is 81.9 Å². The molecule has 0 saturated carbocycles. The first-order chi connectivity index (χ1) is 15.5. The number of amides is 2. The summed E-state index contributed by atoms with van der Waals surface area (Å²) in [7, 11) is 1.56. The number of hydrogen-bond acceptors (Lipinski definition) is 4. The molecule has 0 bridgehead atoms. The molecule has 0 unspecified atom stereocenters. The van der Waals surface area contributed by atoms with Gasteiger partial charge in [-0.3, -0.25) is 9.59 Å². The highest BCUT2D eigenvalue weighted by Gasteiger charge is 2.44. The van der Waals surface area contributed by atoms with Gasteiger partial charge in [0, 0.05) is 18.5 Å². The second-order valence-electron chi connectivity index (χ2n) is 7.91. The SMILES string of the molecule is COc1cccc(C(=O)N2CCO[C@@](Cc3ccc(-c4ccccc4)cc3)(C(N)=O)C2)c1. The normalized spacial score (nSPS) is 18.2. The molecule has 32 heavy (non-hydrogen) atoms. The average Bonchev–Trinajstić information content (AvgIpc) is 2.84. The fourth-order valence-electron chi connectivity index (χ4n) is 4.01. The fourth-order valence-corrected chi connectivity index (χ4v) is 4.01. The van der Waals surface area contributed by atoms with E-state index in [2.05, 4.69) is 0 Å². The molecule has 1 aliphatic rings. The monoisotopic (exact) mass is 430 g/mol. The van der Waals surface area contributed by atoms with E-state index in [0.717, 1.165) is 16.7 Å². The van der Waals surface area contributed by atoms with Crippen molar-refractivity contribution in [3.63, 3.8) is 0 Å². The van der Waals surface area contributed by atoms with Crippen LogP contribution in [0.15, 0.2) is 78.9 Å². The Balaban J connectivity index is 1.54. The van der Waals surface area contributed by atoms with Gasteiger partial charge in [0.15, 0.2) is 5.60 Å². The minimum atomic E-state index is -1.28. The molecule has 1 heterocycles. The molecule has 4 rings (SSSR count). The summed E-state index contributed by atoms with van der Waals surface area (Å²) in [5.41, 5.74) is 8.14. The third kappa shape index (κ3) is 4.50. The lowest BCUT2D eigenvalue weighted by Gasteiger charge is -2.40. The zero-order chi connectivity index (χ0) is 22.6. The number of carbonyl (C=O) groups excluding carboxylic acids is 2. The minimum absolute atomic E-state index is 0.0960.